The van der Waals surface area contributed by atoms with Gasteiger partial charge in [-0.2, -0.15) is 0 Å². The number of anilines is 1. The highest BCUT2D eigenvalue weighted by Crippen LogP contribution is 2.44. The fourth-order valence-electron chi connectivity index (χ4n) is 3.83. The van der Waals surface area contributed by atoms with E-state index in [9.17, 15) is 4.79 Å². The van der Waals surface area contributed by atoms with Crippen LogP contribution in [0.4, 0.5) is 5.69 Å². The summed E-state index contributed by atoms with van der Waals surface area (Å²) >= 11 is 0. The van der Waals surface area contributed by atoms with Gasteiger partial charge in [0.25, 0.3) is 5.91 Å². The van der Waals surface area contributed by atoms with Gasteiger partial charge in [0, 0.05) is 5.69 Å². The smallest absolute Gasteiger partial charge is 0.271 e. The van der Waals surface area contributed by atoms with Crippen molar-refractivity contribution in [3.8, 4) is 17.2 Å². The topological polar surface area (TPSA) is 48.0 Å². The van der Waals surface area contributed by atoms with E-state index in [0.717, 1.165) is 22.4 Å². The van der Waals surface area contributed by atoms with Crippen LogP contribution in [0.15, 0.2) is 66.7 Å². The molecule has 1 heterocycles. The summed E-state index contributed by atoms with van der Waals surface area (Å²) in [5.74, 6) is 1.87. The number of amides is 1. The Balaban J connectivity index is 1.77. The van der Waals surface area contributed by atoms with Gasteiger partial charge in [-0.1, -0.05) is 36.4 Å². The lowest BCUT2D eigenvalue weighted by Crippen LogP contribution is -2.61. The Morgan fingerprint density at radius 2 is 1.57 bits per heavy atom. The maximum Gasteiger partial charge on any atom is 0.271 e. The number of rotatable bonds is 6. The molecule has 5 nitrogen and oxygen atoms in total. The number of hydrogen-bond acceptors (Lipinski definition) is 4. The van der Waals surface area contributed by atoms with E-state index in [1.54, 1.807) is 14.2 Å². The zero-order chi connectivity index (χ0) is 21.3. The van der Waals surface area contributed by atoms with Gasteiger partial charge in [-0.15, -0.1) is 0 Å². The van der Waals surface area contributed by atoms with Crippen molar-refractivity contribution >= 4 is 11.6 Å². The van der Waals surface area contributed by atoms with Crippen LogP contribution in [0, 0.1) is 13.8 Å². The van der Waals surface area contributed by atoms with Crippen LogP contribution < -0.4 is 19.1 Å². The number of ether oxygens (including phenoxy) is 3. The summed E-state index contributed by atoms with van der Waals surface area (Å²) in [5.41, 5.74) is 3.96. The Morgan fingerprint density at radius 1 is 0.833 bits per heavy atom. The molecule has 1 aliphatic heterocycles. The standard InChI is InChI=1S/C25H25NO4/c1-16-10-11-17(2)20(14-16)26-23(18-12-13-21(28-3)22(15-18)29-4)24(25(26)27)30-19-8-6-5-7-9-19/h5-15,23-24H,1-4H3/t23-,24+/m0/s1. The van der Waals surface area contributed by atoms with Gasteiger partial charge in [0.05, 0.1) is 14.2 Å². The van der Waals surface area contributed by atoms with Crippen molar-refractivity contribution < 1.29 is 19.0 Å². The van der Waals surface area contributed by atoms with Gasteiger partial charge >= 0.3 is 0 Å². The molecular formula is C25H25NO4. The second-order valence-corrected chi connectivity index (χ2v) is 7.41. The monoisotopic (exact) mass is 403 g/mol. The molecule has 1 aliphatic rings. The second-order valence-electron chi connectivity index (χ2n) is 7.41. The molecule has 0 spiro atoms. The third-order valence-electron chi connectivity index (χ3n) is 5.43. The molecule has 0 N–H and O–H groups in total. The minimum absolute atomic E-state index is 0.0627. The number of methoxy groups -OCH3 is 2. The van der Waals surface area contributed by atoms with Gasteiger partial charge < -0.3 is 14.2 Å². The number of nitrogens with zero attached hydrogens (tertiary/aromatic N) is 1. The number of β-lactam (4-membered cyclic amide) rings is 1. The summed E-state index contributed by atoms with van der Waals surface area (Å²) in [6, 6.07) is 21.0. The molecule has 0 aromatic heterocycles. The molecule has 0 bridgehead atoms. The van der Waals surface area contributed by atoms with Gasteiger partial charge in [0.15, 0.2) is 11.5 Å². The largest absolute Gasteiger partial charge is 0.493 e. The van der Waals surface area contributed by atoms with E-state index in [-0.39, 0.29) is 11.9 Å². The van der Waals surface area contributed by atoms with Crippen molar-refractivity contribution in [1.29, 1.82) is 0 Å². The third-order valence-corrected chi connectivity index (χ3v) is 5.43. The van der Waals surface area contributed by atoms with Crippen LogP contribution in [0.3, 0.4) is 0 Å². The van der Waals surface area contributed by atoms with Gasteiger partial charge in [0.1, 0.15) is 11.8 Å². The van der Waals surface area contributed by atoms with Gasteiger partial charge in [-0.25, -0.2) is 0 Å². The predicted molar refractivity (Wildman–Crippen MR) is 117 cm³/mol. The number of aryl methyl sites for hydroxylation is 2. The number of hydrogen-bond donors (Lipinski definition) is 0. The summed E-state index contributed by atoms with van der Waals surface area (Å²) in [6.07, 6.45) is -0.620. The number of carbonyl (C=O) groups excluding carboxylic acids is 1. The van der Waals surface area contributed by atoms with Crippen LogP contribution in [0.2, 0.25) is 0 Å². The first kappa shape index (κ1) is 19.8. The highest BCUT2D eigenvalue weighted by Gasteiger charge is 2.51. The molecule has 154 valence electrons. The Labute approximate surface area is 176 Å². The first-order valence-electron chi connectivity index (χ1n) is 9.87. The second kappa shape index (κ2) is 8.11. The zero-order valence-electron chi connectivity index (χ0n) is 17.6. The molecule has 4 rings (SSSR count). The Bertz CT molecular complexity index is 1060. The quantitative estimate of drug-likeness (QED) is 0.552. The van der Waals surface area contributed by atoms with Crippen LogP contribution in [0.25, 0.3) is 0 Å². The molecular weight excluding hydrogens is 378 g/mol. The minimum atomic E-state index is -0.620. The fourth-order valence-corrected chi connectivity index (χ4v) is 3.83. The number of benzene rings is 3. The first-order chi connectivity index (χ1) is 14.5. The molecule has 0 unspecified atom stereocenters. The lowest BCUT2D eigenvalue weighted by Gasteiger charge is -2.47. The van der Waals surface area contributed by atoms with Crippen molar-refractivity contribution in [1.82, 2.24) is 0 Å². The van der Waals surface area contributed by atoms with Crippen molar-refractivity contribution in [3.63, 3.8) is 0 Å². The average Bonchev–Trinajstić information content (AvgIpc) is 2.77. The van der Waals surface area contributed by atoms with Gasteiger partial charge in [-0.05, 0) is 60.9 Å². The molecule has 1 amide bonds. The first-order valence-corrected chi connectivity index (χ1v) is 9.87. The summed E-state index contributed by atoms with van der Waals surface area (Å²) in [7, 11) is 3.21. The molecule has 0 radical (unpaired) electrons. The van der Waals surface area contributed by atoms with Gasteiger partial charge in [0.2, 0.25) is 6.10 Å². The average molecular weight is 403 g/mol. The van der Waals surface area contributed by atoms with Crippen molar-refractivity contribution in [2.45, 2.75) is 26.0 Å². The van der Waals surface area contributed by atoms with E-state index < -0.39 is 6.10 Å². The highest BCUT2D eigenvalue weighted by molar-refractivity contribution is 6.06. The summed E-state index contributed by atoms with van der Waals surface area (Å²) in [5, 5.41) is 0. The maximum absolute atomic E-state index is 13.2. The zero-order valence-corrected chi connectivity index (χ0v) is 17.6. The predicted octanol–water partition coefficient (Wildman–Crippen LogP) is 4.86. The molecule has 2 atom stereocenters. The third kappa shape index (κ3) is 3.47. The maximum atomic E-state index is 13.2. The summed E-state index contributed by atoms with van der Waals surface area (Å²) in [6.45, 7) is 4.04. The van der Waals surface area contributed by atoms with Crippen LogP contribution in [-0.4, -0.2) is 26.2 Å². The van der Waals surface area contributed by atoms with Crippen LogP contribution in [0.1, 0.15) is 22.7 Å². The van der Waals surface area contributed by atoms with Gasteiger partial charge in [-0.3, -0.25) is 9.69 Å². The highest BCUT2D eigenvalue weighted by atomic mass is 16.5. The Morgan fingerprint density at radius 3 is 2.27 bits per heavy atom. The van der Waals surface area contributed by atoms with E-state index in [1.165, 1.54) is 0 Å². The lowest BCUT2D eigenvalue weighted by atomic mass is 9.88. The lowest BCUT2D eigenvalue weighted by molar-refractivity contribution is -0.135. The van der Waals surface area contributed by atoms with Crippen LogP contribution >= 0.6 is 0 Å². The van der Waals surface area contributed by atoms with E-state index in [1.807, 2.05) is 85.5 Å². The van der Waals surface area contributed by atoms with Crippen molar-refractivity contribution in [2.24, 2.45) is 0 Å². The Hall–Kier alpha value is -3.47. The molecule has 5 heteroatoms. The van der Waals surface area contributed by atoms with E-state index in [2.05, 4.69) is 0 Å². The number of carbonyl (C=O) groups is 1. The van der Waals surface area contributed by atoms with Crippen molar-refractivity contribution in [3.05, 3.63) is 83.4 Å². The summed E-state index contributed by atoms with van der Waals surface area (Å²) in [4.78, 5) is 15.1. The SMILES string of the molecule is COc1ccc([C@H]2[C@@H](Oc3ccccc3)C(=O)N2c2cc(C)ccc2C)cc1OC. The molecule has 0 saturated carbocycles. The van der Waals surface area contributed by atoms with Crippen LogP contribution in [-0.2, 0) is 4.79 Å². The summed E-state index contributed by atoms with van der Waals surface area (Å²) < 4.78 is 17.0. The number of para-hydroxylation sites is 1. The van der Waals surface area contributed by atoms with E-state index in [0.29, 0.717) is 17.2 Å². The van der Waals surface area contributed by atoms with E-state index in [4.69, 9.17) is 14.2 Å². The molecule has 3 aromatic carbocycles. The van der Waals surface area contributed by atoms with E-state index >= 15 is 0 Å². The van der Waals surface area contributed by atoms with Crippen LogP contribution in [0.5, 0.6) is 17.2 Å². The normalized spacial score (nSPS) is 18.0. The molecule has 3 aromatic rings. The Kier molecular flexibility index (Phi) is 5.36. The van der Waals surface area contributed by atoms with Crippen molar-refractivity contribution in [2.75, 3.05) is 19.1 Å². The molecule has 1 fully saturated rings. The minimum Gasteiger partial charge on any atom is -0.493 e. The molecule has 0 aliphatic carbocycles. The molecule has 30 heavy (non-hydrogen) atoms. The fraction of sp³-hybridized carbons (Fsp3) is 0.240. The molecule has 1 saturated heterocycles.